The molecule has 30 heavy (non-hydrogen) atoms. The van der Waals surface area contributed by atoms with E-state index in [1.165, 1.54) is 6.08 Å². The lowest BCUT2D eigenvalue weighted by molar-refractivity contribution is -0.125. The van der Waals surface area contributed by atoms with Crippen molar-refractivity contribution in [1.29, 1.82) is 0 Å². The van der Waals surface area contributed by atoms with Gasteiger partial charge in [0.2, 0.25) is 11.9 Å². The third kappa shape index (κ3) is 3.19. The second-order valence-electron chi connectivity index (χ2n) is 7.95. The van der Waals surface area contributed by atoms with Gasteiger partial charge in [-0.25, -0.2) is 0 Å². The van der Waals surface area contributed by atoms with E-state index in [0.717, 1.165) is 37.0 Å². The maximum atomic E-state index is 12.1. The van der Waals surface area contributed by atoms with Crippen LogP contribution in [0.3, 0.4) is 0 Å². The molecule has 1 atom stereocenters. The number of likely N-dealkylation sites (tertiary alicyclic amines) is 1. The summed E-state index contributed by atoms with van der Waals surface area (Å²) in [5, 5.41) is 12.4. The minimum absolute atomic E-state index is 0.0339. The van der Waals surface area contributed by atoms with Crippen molar-refractivity contribution in [2.75, 3.05) is 23.7 Å². The molecule has 0 radical (unpaired) electrons. The molecule has 10 heteroatoms. The van der Waals surface area contributed by atoms with E-state index in [9.17, 15) is 4.79 Å². The van der Waals surface area contributed by atoms with Gasteiger partial charge in [0.15, 0.2) is 0 Å². The molecule has 1 amide bonds. The summed E-state index contributed by atoms with van der Waals surface area (Å²) in [6.45, 7) is 7.78. The number of carbonyl (C=O) groups is 1. The van der Waals surface area contributed by atoms with Gasteiger partial charge >= 0.3 is 0 Å². The fraction of sp³-hybridized carbons (Fsp3) is 0.400. The quantitative estimate of drug-likeness (QED) is 0.523. The molecule has 1 saturated heterocycles. The highest BCUT2D eigenvalue weighted by Crippen LogP contribution is 2.54. The van der Waals surface area contributed by atoms with Crippen LogP contribution in [-0.4, -0.2) is 54.7 Å². The molecule has 0 bridgehead atoms. The molecule has 1 aliphatic heterocycles. The maximum absolute atomic E-state index is 12.1. The van der Waals surface area contributed by atoms with Gasteiger partial charge in [-0.05, 0) is 25.8 Å². The van der Waals surface area contributed by atoms with Gasteiger partial charge in [0, 0.05) is 37.4 Å². The van der Waals surface area contributed by atoms with Gasteiger partial charge in [-0.15, -0.1) is 0 Å². The number of aromatic nitrogens is 5. The highest BCUT2D eigenvalue weighted by atomic mass is 35.5. The first-order valence-electron chi connectivity index (χ1n) is 10.0. The number of halogens is 1. The molecule has 9 nitrogen and oxygen atoms in total. The van der Waals surface area contributed by atoms with Crippen LogP contribution in [0.5, 0.6) is 0 Å². The summed E-state index contributed by atoms with van der Waals surface area (Å²) in [5.74, 6) is 1.07. The normalized spacial score (nSPS) is 19.4. The van der Waals surface area contributed by atoms with E-state index in [1.54, 1.807) is 12.4 Å². The fourth-order valence-corrected chi connectivity index (χ4v) is 4.42. The van der Waals surface area contributed by atoms with Crippen LogP contribution in [0.25, 0.3) is 11.0 Å². The Kier molecular flexibility index (Phi) is 4.43. The number of anilines is 3. The van der Waals surface area contributed by atoms with E-state index >= 15 is 0 Å². The number of carbonyl (C=O) groups excluding carboxylic acids is 1. The summed E-state index contributed by atoms with van der Waals surface area (Å²) in [7, 11) is 0. The van der Waals surface area contributed by atoms with Gasteiger partial charge in [0.1, 0.15) is 11.5 Å². The zero-order chi connectivity index (χ0) is 20.9. The average molecular weight is 427 g/mol. The number of aryl methyl sites for hydroxylation is 1. The summed E-state index contributed by atoms with van der Waals surface area (Å²) >= 11 is 6.42. The number of nitrogens with one attached hydrogen (secondary N) is 3. The average Bonchev–Trinajstić information content (AvgIpc) is 3.05. The predicted molar refractivity (Wildman–Crippen MR) is 116 cm³/mol. The zero-order valence-corrected chi connectivity index (χ0v) is 17.4. The first kappa shape index (κ1) is 18.9. The molecule has 1 unspecified atom stereocenters. The van der Waals surface area contributed by atoms with Crippen LogP contribution in [0.1, 0.15) is 19.8 Å². The number of fused-ring (bicyclic) bond motifs is 1. The van der Waals surface area contributed by atoms with Crippen LogP contribution in [0.4, 0.5) is 17.5 Å². The monoisotopic (exact) mass is 426 g/mol. The Morgan fingerprint density at radius 2 is 2.30 bits per heavy atom. The van der Waals surface area contributed by atoms with Crippen molar-refractivity contribution in [2.24, 2.45) is 5.41 Å². The predicted octanol–water partition coefficient (Wildman–Crippen LogP) is 3.16. The molecule has 2 aliphatic rings. The van der Waals surface area contributed by atoms with Gasteiger partial charge in [0.25, 0.3) is 0 Å². The van der Waals surface area contributed by atoms with Gasteiger partial charge in [0.05, 0.1) is 28.3 Å². The van der Waals surface area contributed by atoms with Crippen molar-refractivity contribution in [3.8, 4) is 0 Å². The topological polar surface area (TPSA) is 104 Å². The van der Waals surface area contributed by atoms with E-state index in [2.05, 4.69) is 32.3 Å². The van der Waals surface area contributed by atoms with E-state index in [4.69, 9.17) is 16.6 Å². The minimum atomic E-state index is -0.0339. The Morgan fingerprint density at radius 3 is 3.00 bits per heavy atom. The van der Waals surface area contributed by atoms with Crippen LogP contribution in [-0.2, 0) is 11.3 Å². The van der Waals surface area contributed by atoms with Gasteiger partial charge in [-0.2, -0.15) is 15.1 Å². The molecule has 3 aromatic rings. The van der Waals surface area contributed by atoms with Crippen LogP contribution >= 0.6 is 11.6 Å². The Hall–Kier alpha value is -3.07. The molecule has 5 rings (SSSR count). The van der Waals surface area contributed by atoms with Crippen molar-refractivity contribution in [3.05, 3.63) is 36.3 Å². The van der Waals surface area contributed by atoms with Crippen molar-refractivity contribution < 1.29 is 4.79 Å². The fourth-order valence-electron chi connectivity index (χ4n) is 4.18. The summed E-state index contributed by atoms with van der Waals surface area (Å²) in [4.78, 5) is 26.4. The summed E-state index contributed by atoms with van der Waals surface area (Å²) in [6, 6.07) is 0.0983. The highest BCUT2D eigenvalue weighted by Gasteiger charge is 2.56. The van der Waals surface area contributed by atoms with Crippen LogP contribution < -0.4 is 10.6 Å². The molecule has 2 fully saturated rings. The molecule has 4 heterocycles. The zero-order valence-electron chi connectivity index (χ0n) is 16.7. The number of aromatic amines is 1. The number of hydrogen-bond acceptors (Lipinski definition) is 6. The molecule has 3 N–H and O–H groups in total. The number of nitrogens with zero attached hydrogens (tertiary/aromatic N) is 5. The molecule has 3 aromatic heterocycles. The number of H-pyrrole nitrogens is 1. The molecule has 1 saturated carbocycles. The third-order valence-corrected chi connectivity index (χ3v) is 6.33. The number of amides is 1. The first-order chi connectivity index (χ1) is 14.5. The Bertz CT molecular complexity index is 1130. The van der Waals surface area contributed by atoms with E-state index in [0.29, 0.717) is 29.0 Å². The van der Waals surface area contributed by atoms with Gasteiger partial charge < -0.3 is 20.5 Å². The number of rotatable bonds is 6. The van der Waals surface area contributed by atoms with E-state index < -0.39 is 0 Å². The summed E-state index contributed by atoms with van der Waals surface area (Å²) < 4.78 is 1.83. The van der Waals surface area contributed by atoms with Gasteiger partial charge in [-0.1, -0.05) is 18.2 Å². The van der Waals surface area contributed by atoms with Gasteiger partial charge in [-0.3, -0.25) is 9.48 Å². The Balaban J connectivity index is 1.46. The summed E-state index contributed by atoms with van der Waals surface area (Å²) in [5.41, 5.74) is 1.54. The van der Waals surface area contributed by atoms with Crippen molar-refractivity contribution in [1.82, 2.24) is 29.6 Å². The van der Waals surface area contributed by atoms with Crippen molar-refractivity contribution in [2.45, 2.75) is 32.4 Å². The molecule has 0 aromatic carbocycles. The molecule has 156 valence electrons. The van der Waals surface area contributed by atoms with Crippen LogP contribution in [0, 0.1) is 5.41 Å². The van der Waals surface area contributed by atoms with Crippen molar-refractivity contribution >= 4 is 46.0 Å². The lowest BCUT2D eigenvalue weighted by atomic mass is 10.0. The SMILES string of the molecule is C=CC(=O)N1CC(Nc2nc(Nc3cnn(CC)c3)nc3[nH]cc(Cl)c23)C2(CC2)C1. The minimum Gasteiger partial charge on any atom is -0.364 e. The smallest absolute Gasteiger partial charge is 0.246 e. The summed E-state index contributed by atoms with van der Waals surface area (Å²) in [6.07, 6.45) is 8.89. The first-order valence-corrected chi connectivity index (χ1v) is 10.4. The van der Waals surface area contributed by atoms with Crippen LogP contribution in [0.15, 0.2) is 31.2 Å². The Morgan fingerprint density at radius 1 is 1.47 bits per heavy atom. The van der Waals surface area contributed by atoms with E-state index in [1.807, 2.05) is 22.7 Å². The maximum Gasteiger partial charge on any atom is 0.246 e. The molecular formula is C20H23ClN8O. The van der Waals surface area contributed by atoms with Crippen LogP contribution in [0.2, 0.25) is 5.02 Å². The molecular weight excluding hydrogens is 404 g/mol. The number of hydrogen-bond donors (Lipinski definition) is 3. The molecule has 1 aliphatic carbocycles. The third-order valence-electron chi connectivity index (χ3n) is 6.03. The highest BCUT2D eigenvalue weighted by molar-refractivity contribution is 6.36. The lowest BCUT2D eigenvalue weighted by Gasteiger charge is -2.20. The Labute approximate surface area is 178 Å². The van der Waals surface area contributed by atoms with Crippen molar-refractivity contribution in [3.63, 3.8) is 0 Å². The standard InChI is InChI=1S/C20H23ClN8O/c1-3-15(30)28-10-14(20(11-28)5-6-20)25-18-16-13(21)8-22-17(16)26-19(27-18)24-12-7-23-29(4-2)9-12/h3,7-9,14H,1,4-6,10-11H2,2H3,(H3,22,24,25,26,27). The largest absolute Gasteiger partial charge is 0.364 e. The molecule has 1 spiro atoms. The lowest BCUT2D eigenvalue weighted by Crippen LogP contribution is -2.31. The van der Waals surface area contributed by atoms with E-state index in [-0.39, 0.29) is 17.4 Å². The second-order valence-corrected chi connectivity index (χ2v) is 8.36. The second kappa shape index (κ2) is 7.02.